The first-order valence-corrected chi connectivity index (χ1v) is 12.8. The lowest BCUT2D eigenvalue weighted by Gasteiger charge is -2.28. The molecule has 4 heterocycles. The van der Waals surface area contributed by atoms with Crippen LogP contribution in [0.4, 0.5) is 11.6 Å². The standard InChI is InChI=1S/C22H21BrN6O2S/c1-14-3-2-4-15(11-14)18-6-5-16(12-25-18)17-13-26-29-20(24)19(23)22(27-21(17)29)28-7-9-32(30,31)10-8-28/h2-6,11-13H,7-10,24H2,1H3. The van der Waals surface area contributed by atoms with E-state index in [1.165, 1.54) is 5.56 Å². The minimum absolute atomic E-state index is 0.0999. The van der Waals surface area contributed by atoms with Gasteiger partial charge in [-0.1, -0.05) is 29.8 Å². The van der Waals surface area contributed by atoms with E-state index in [0.29, 0.717) is 34.8 Å². The third-order valence-electron chi connectivity index (χ3n) is 5.64. The van der Waals surface area contributed by atoms with Gasteiger partial charge >= 0.3 is 0 Å². The van der Waals surface area contributed by atoms with Gasteiger partial charge in [0.2, 0.25) is 0 Å². The zero-order valence-electron chi connectivity index (χ0n) is 17.4. The summed E-state index contributed by atoms with van der Waals surface area (Å²) in [4.78, 5) is 11.4. The van der Waals surface area contributed by atoms with E-state index in [2.05, 4.69) is 45.1 Å². The molecule has 32 heavy (non-hydrogen) atoms. The topological polar surface area (TPSA) is 106 Å². The lowest BCUT2D eigenvalue weighted by molar-refractivity contribution is 0.586. The first-order valence-electron chi connectivity index (χ1n) is 10.1. The minimum Gasteiger partial charge on any atom is -0.383 e. The molecule has 1 aromatic carbocycles. The molecule has 1 aliphatic heterocycles. The fourth-order valence-electron chi connectivity index (χ4n) is 3.85. The van der Waals surface area contributed by atoms with Crippen molar-refractivity contribution in [1.82, 2.24) is 19.6 Å². The van der Waals surface area contributed by atoms with Gasteiger partial charge in [0.25, 0.3) is 0 Å². The first-order chi connectivity index (χ1) is 15.3. The maximum absolute atomic E-state index is 11.8. The molecule has 0 bridgehead atoms. The normalized spacial score (nSPS) is 15.9. The molecule has 164 valence electrons. The van der Waals surface area contributed by atoms with Crippen LogP contribution in [0.3, 0.4) is 0 Å². The third-order valence-corrected chi connectivity index (χ3v) is 8.01. The molecule has 0 saturated carbocycles. The van der Waals surface area contributed by atoms with Crippen LogP contribution in [-0.2, 0) is 9.84 Å². The van der Waals surface area contributed by atoms with Gasteiger partial charge in [-0.15, -0.1) is 0 Å². The van der Waals surface area contributed by atoms with Crippen LogP contribution in [0, 0.1) is 6.92 Å². The second kappa shape index (κ2) is 7.86. The van der Waals surface area contributed by atoms with Crippen molar-refractivity contribution in [2.45, 2.75) is 6.92 Å². The smallest absolute Gasteiger partial charge is 0.167 e. The number of fused-ring (bicyclic) bond motifs is 1. The lowest BCUT2D eigenvalue weighted by Crippen LogP contribution is -2.41. The highest BCUT2D eigenvalue weighted by atomic mass is 79.9. The highest BCUT2D eigenvalue weighted by Gasteiger charge is 2.26. The van der Waals surface area contributed by atoms with Crippen LogP contribution in [0.2, 0.25) is 0 Å². The molecule has 1 saturated heterocycles. The summed E-state index contributed by atoms with van der Waals surface area (Å²) < 4.78 is 25.9. The molecule has 5 rings (SSSR count). The fraction of sp³-hybridized carbons (Fsp3) is 0.227. The van der Waals surface area contributed by atoms with Gasteiger partial charge in [0.15, 0.2) is 15.5 Å². The average Bonchev–Trinajstić information content (AvgIpc) is 3.21. The Morgan fingerprint density at radius 2 is 1.84 bits per heavy atom. The van der Waals surface area contributed by atoms with E-state index in [0.717, 1.165) is 22.4 Å². The number of benzene rings is 1. The number of hydrogen-bond acceptors (Lipinski definition) is 7. The van der Waals surface area contributed by atoms with Gasteiger partial charge in [-0.3, -0.25) is 4.98 Å². The van der Waals surface area contributed by atoms with Crippen LogP contribution in [0.25, 0.3) is 28.0 Å². The molecule has 1 fully saturated rings. The van der Waals surface area contributed by atoms with Crippen molar-refractivity contribution in [3.05, 3.63) is 58.8 Å². The maximum atomic E-state index is 11.8. The van der Waals surface area contributed by atoms with Gasteiger partial charge in [0.1, 0.15) is 16.1 Å². The number of nitrogen functional groups attached to an aromatic ring is 1. The summed E-state index contributed by atoms with van der Waals surface area (Å²) in [6.45, 7) is 2.81. The highest BCUT2D eigenvalue weighted by Crippen LogP contribution is 2.34. The van der Waals surface area contributed by atoms with Gasteiger partial charge in [0, 0.05) is 36.0 Å². The first kappa shape index (κ1) is 20.9. The summed E-state index contributed by atoms with van der Waals surface area (Å²) in [7, 11) is -3.00. The van der Waals surface area contributed by atoms with Crippen LogP contribution in [0.5, 0.6) is 0 Å². The second-order valence-corrected chi connectivity index (χ2v) is 11.0. The minimum atomic E-state index is -3.00. The molecule has 1 aliphatic rings. The summed E-state index contributed by atoms with van der Waals surface area (Å²) in [6.07, 6.45) is 3.53. The van der Waals surface area contributed by atoms with Crippen molar-refractivity contribution in [3.8, 4) is 22.4 Å². The molecule has 10 heteroatoms. The van der Waals surface area contributed by atoms with Crippen LogP contribution < -0.4 is 10.6 Å². The third kappa shape index (κ3) is 3.73. The molecule has 3 aromatic heterocycles. The summed E-state index contributed by atoms with van der Waals surface area (Å²) in [5.74, 6) is 1.23. The molecule has 0 aliphatic carbocycles. The van der Waals surface area contributed by atoms with Crippen molar-refractivity contribution >= 4 is 43.1 Å². The number of rotatable bonds is 3. The summed E-state index contributed by atoms with van der Waals surface area (Å²) in [5.41, 5.74) is 11.7. The van der Waals surface area contributed by atoms with Crippen LogP contribution in [0.15, 0.2) is 53.3 Å². The molecule has 4 aromatic rings. The zero-order valence-corrected chi connectivity index (χ0v) is 19.8. The predicted octanol–water partition coefficient (Wildman–Crippen LogP) is 3.35. The van der Waals surface area contributed by atoms with Crippen LogP contribution >= 0.6 is 15.9 Å². The largest absolute Gasteiger partial charge is 0.383 e. The Kier molecular flexibility index (Phi) is 5.13. The monoisotopic (exact) mass is 512 g/mol. The van der Waals surface area contributed by atoms with E-state index in [4.69, 9.17) is 10.7 Å². The molecule has 2 N–H and O–H groups in total. The summed E-state index contributed by atoms with van der Waals surface area (Å²) in [6, 6.07) is 12.2. The van der Waals surface area contributed by atoms with Crippen molar-refractivity contribution in [1.29, 1.82) is 0 Å². The number of aryl methyl sites for hydroxylation is 1. The maximum Gasteiger partial charge on any atom is 0.167 e. The Morgan fingerprint density at radius 1 is 1.06 bits per heavy atom. The number of sulfone groups is 1. The number of halogens is 1. The Balaban J connectivity index is 1.54. The van der Waals surface area contributed by atoms with Crippen LogP contribution in [-0.4, -0.2) is 52.6 Å². The zero-order chi connectivity index (χ0) is 22.5. The van der Waals surface area contributed by atoms with E-state index in [-0.39, 0.29) is 11.5 Å². The van der Waals surface area contributed by atoms with E-state index in [1.807, 2.05) is 35.4 Å². The second-order valence-electron chi connectivity index (χ2n) is 7.87. The lowest BCUT2D eigenvalue weighted by atomic mass is 10.1. The molecule has 0 atom stereocenters. The van der Waals surface area contributed by atoms with Gasteiger partial charge in [-0.2, -0.15) is 9.61 Å². The summed E-state index contributed by atoms with van der Waals surface area (Å²) >= 11 is 3.52. The molecular weight excluding hydrogens is 492 g/mol. The van der Waals surface area contributed by atoms with Crippen molar-refractivity contribution in [2.24, 2.45) is 0 Å². The van der Waals surface area contributed by atoms with Crippen molar-refractivity contribution in [3.63, 3.8) is 0 Å². The SMILES string of the molecule is Cc1cccc(-c2ccc(-c3cnn4c(N)c(Br)c(N5CCS(=O)(=O)CC5)nc34)cn2)c1. The Morgan fingerprint density at radius 3 is 2.53 bits per heavy atom. The van der Waals surface area contributed by atoms with E-state index < -0.39 is 9.84 Å². The quantitative estimate of drug-likeness (QED) is 0.448. The number of aromatic nitrogens is 4. The number of nitrogens with two attached hydrogens (primary N) is 1. The Bertz CT molecular complexity index is 1420. The highest BCUT2D eigenvalue weighted by molar-refractivity contribution is 9.10. The number of nitrogens with zero attached hydrogens (tertiary/aromatic N) is 5. The van der Waals surface area contributed by atoms with E-state index in [1.54, 1.807) is 10.7 Å². The number of hydrogen-bond donors (Lipinski definition) is 1. The number of pyridine rings is 1. The Labute approximate surface area is 194 Å². The molecule has 0 amide bonds. The molecule has 8 nitrogen and oxygen atoms in total. The molecular formula is C22H21BrN6O2S. The van der Waals surface area contributed by atoms with Gasteiger partial charge < -0.3 is 10.6 Å². The predicted molar refractivity (Wildman–Crippen MR) is 129 cm³/mol. The van der Waals surface area contributed by atoms with Crippen LogP contribution in [0.1, 0.15) is 5.56 Å². The van der Waals surface area contributed by atoms with Gasteiger partial charge in [-0.05, 0) is 35.0 Å². The van der Waals surface area contributed by atoms with Crippen molar-refractivity contribution in [2.75, 3.05) is 35.2 Å². The van der Waals surface area contributed by atoms with E-state index >= 15 is 0 Å². The van der Waals surface area contributed by atoms with Gasteiger partial charge in [-0.25, -0.2) is 13.4 Å². The molecule has 0 spiro atoms. The van der Waals surface area contributed by atoms with Crippen molar-refractivity contribution < 1.29 is 8.42 Å². The van der Waals surface area contributed by atoms with Gasteiger partial charge in [0.05, 0.1) is 23.4 Å². The number of anilines is 2. The summed E-state index contributed by atoms with van der Waals surface area (Å²) in [5, 5.41) is 4.41. The molecule has 0 radical (unpaired) electrons. The fourth-order valence-corrected chi connectivity index (χ4v) is 5.56. The Hall–Kier alpha value is -2.98. The molecule has 0 unspecified atom stereocenters. The average molecular weight is 513 g/mol. The van der Waals surface area contributed by atoms with E-state index in [9.17, 15) is 8.42 Å².